The van der Waals surface area contributed by atoms with Crippen molar-refractivity contribution in [2.75, 3.05) is 0 Å². The van der Waals surface area contributed by atoms with Crippen molar-refractivity contribution in [3.63, 3.8) is 0 Å². The second-order valence-corrected chi connectivity index (χ2v) is 6.39. The SMILES string of the molecule is O=C(Cc1ccccc1)OC(c1ccc(Cl)cc1)C(Cl)n1ccnc1. The number of hydrogen-bond acceptors (Lipinski definition) is 3. The van der Waals surface area contributed by atoms with Gasteiger partial charge in [0.25, 0.3) is 0 Å². The predicted octanol–water partition coefficient (Wildman–Crippen LogP) is 4.80. The monoisotopic (exact) mass is 374 g/mol. The van der Waals surface area contributed by atoms with E-state index in [0.29, 0.717) is 5.02 Å². The highest BCUT2D eigenvalue weighted by Crippen LogP contribution is 2.34. The Morgan fingerprint density at radius 1 is 1.12 bits per heavy atom. The first-order valence-corrected chi connectivity index (χ1v) is 8.55. The van der Waals surface area contributed by atoms with E-state index < -0.39 is 11.6 Å². The lowest BCUT2D eigenvalue weighted by Gasteiger charge is -2.24. The number of carbonyl (C=O) groups is 1. The first-order chi connectivity index (χ1) is 12.1. The Morgan fingerprint density at radius 3 is 2.48 bits per heavy atom. The van der Waals surface area contributed by atoms with Gasteiger partial charge in [0.1, 0.15) is 5.50 Å². The molecule has 1 heterocycles. The largest absolute Gasteiger partial charge is 0.454 e. The number of alkyl halides is 1. The van der Waals surface area contributed by atoms with Crippen molar-refractivity contribution >= 4 is 29.2 Å². The second-order valence-electron chi connectivity index (χ2n) is 5.51. The number of imidazole rings is 1. The van der Waals surface area contributed by atoms with Gasteiger partial charge in [0, 0.05) is 17.4 Å². The molecule has 2 aromatic carbocycles. The maximum atomic E-state index is 12.4. The van der Waals surface area contributed by atoms with Gasteiger partial charge in [0.2, 0.25) is 0 Å². The highest BCUT2D eigenvalue weighted by molar-refractivity contribution is 6.30. The average Bonchev–Trinajstić information content (AvgIpc) is 3.15. The van der Waals surface area contributed by atoms with Crippen LogP contribution in [0.25, 0.3) is 0 Å². The van der Waals surface area contributed by atoms with Gasteiger partial charge in [0.05, 0.1) is 12.7 Å². The molecule has 0 aliphatic rings. The Hall–Kier alpha value is -2.30. The van der Waals surface area contributed by atoms with E-state index >= 15 is 0 Å². The molecule has 0 saturated carbocycles. The maximum Gasteiger partial charge on any atom is 0.310 e. The molecule has 0 aliphatic heterocycles. The summed E-state index contributed by atoms with van der Waals surface area (Å²) >= 11 is 12.5. The highest BCUT2D eigenvalue weighted by atomic mass is 35.5. The Bertz CT molecular complexity index is 805. The highest BCUT2D eigenvalue weighted by Gasteiger charge is 2.26. The van der Waals surface area contributed by atoms with E-state index in [4.69, 9.17) is 27.9 Å². The summed E-state index contributed by atoms with van der Waals surface area (Å²) in [4.78, 5) is 16.4. The van der Waals surface area contributed by atoms with Crippen LogP contribution < -0.4 is 0 Å². The summed E-state index contributed by atoms with van der Waals surface area (Å²) in [6.45, 7) is 0. The maximum absolute atomic E-state index is 12.4. The minimum Gasteiger partial charge on any atom is -0.454 e. The molecule has 2 unspecified atom stereocenters. The number of ether oxygens (including phenoxy) is 1. The van der Waals surface area contributed by atoms with Gasteiger partial charge < -0.3 is 9.30 Å². The molecule has 4 nitrogen and oxygen atoms in total. The van der Waals surface area contributed by atoms with Gasteiger partial charge in [-0.15, -0.1) is 0 Å². The average molecular weight is 375 g/mol. The Labute approximate surface area is 156 Å². The molecule has 0 N–H and O–H groups in total. The summed E-state index contributed by atoms with van der Waals surface area (Å²) in [6.07, 6.45) is 4.46. The summed E-state index contributed by atoms with van der Waals surface area (Å²) in [5.74, 6) is -0.350. The van der Waals surface area contributed by atoms with Gasteiger partial charge in [0.15, 0.2) is 6.10 Å². The molecule has 0 radical (unpaired) electrons. The van der Waals surface area contributed by atoms with Crippen LogP contribution in [0.1, 0.15) is 22.7 Å². The summed E-state index contributed by atoms with van der Waals surface area (Å²) in [6, 6.07) is 16.5. The molecule has 0 amide bonds. The molecule has 0 fully saturated rings. The number of esters is 1. The van der Waals surface area contributed by atoms with E-state index in [1.54, 1.807) is 47.6 Å². The topological polar surface area (TPSA) is 44.1 Å². The normalized spacial score (nSPS) is 13.2. The van der Waals surface area contributed by atoms with Crippen molar-refractivity contribution < 1.29 is 9.53 Å². The number of hydrogen-bond donors (Lipinski definition) is 0. The molecule has 6 heteroatoms. The zero-order valence-corrected chi connectivity index (χ0v) is 14.8. The van der Waals surface area contributed by atoms with Crippen molar-refractivity contribution in [2.45, 2.75) is 18.0 Å². The molecule has 0 spiro atoms. The van der Waals surface area contributed by atoms with Crippen LogP contribution in [0.2, 0.25) is 5.02 Å². The number of halogens is 2. The fourth-order valence-electron chi connectivity index (χ4n) is 2.45. The molecular weight excluding hydrogens is 359 g/mol. The van der Waals surface area contributed by atoms with Crippen LogP contribution in [0.4, 0.5) is 0 Å². The van der Waals surface area contributed by atoms with Crippen molar-refractivity contribution in [3.8, 4) is 0 Å². The number of rotatable bonds is 6. The number of aromatic nitrogens is 2. The Balaban J connectivity index is 1.80. The molecule has 128 valence electrons. The molecule has 3 aromatic rings. The minimum atomic E-state index is -0.663. The van der Waals surface area contributed by atoms with Gasteiger partial charge in [-0.2, -0.15) is 0 Å². The van der Waals surface area contributed by atoms with E-state index in [-0.39, 0.29) is 12.4 Å². The van der Waals surface area contributed by atoms with Crippen LogP contribution >= 0.6 is 23.2 Å². The summed E-state index contributed by atoms with van der Waals surface area (Å²) in [7, 11) is 0. The van der Waals surface area contributed by atoms with Crippen molar-refractivity contribution in [2.24, 2.45) is 0 Å². The van der Waals surface area contributed by atoms with E-state index in [2.05, 4.69) is 4.98 Å². The lowest BCUT2D eigenvalue weighted by molar-refractivity contribution is -0.149. The molecular formula is C19H16Cl2N2O2. The van der Waals surface area contributed by atoms with E-state index in [1.807, 2.05) is 30.3 Å². The van der Waals surface area contributed by atoms with Gasteiger partial charge in [-0.1, -0.05) is 65.7 Å². The zero-order chi connectivity index (χ0) is 17.6. The van der Waals surface area contributed by atoms with Gasteiger partial charge >= 0.3 is 5.97 Å². The summed E-state index contributed by atoms with van der Waals surface area (Å²) in [5, 5.41) is 0.604. The standard InChI is InChI=1S/C19H16Cl2N2O2/c20-16-8-6-15(7-9-16)18(19(21)23-11-10-22-13-23)25-17(24)12-14-4-2-1-3-5-14/h1-11,13,18-19H,12H2. The molecule has 3 rings (SSSR count). The van der Waals surface area contributed by atoms with Crippen LogP contribution in [0.5, 0.6) is 0 Å². The first kappa shape index (κ1) is 17.5. The van der Waals surface area contributed by atoms with Crippen LogP contribution in [-0.2, 0) is 16.0 Å². The predicted molar refractivity (Wildman–Crippen MR) is 97.5 cm³/mol. The molecule has 0 aliphatic carbocycles. The van der Waals surface area contributed by atoms with E-state index in [9.17, 15) is 4.79 Å². The molecule has 1 aromatic heterocycles. The third kappa shape index (κ3) is 4.62. The molecule has 0 bridgehead atoms. The number of carbonyl (C=O) groups excluding carboxylic acids is 1. The minimum absolute atomic E-state index is 0.179. The van der Waals surface area contributed by atoms with E-state index in [1.165, 1.54) is 0 Å². The van der Waals surface area contributed by atoms with Crippen LogP contribution in [0, 0.1) is 0 Å². The zero-order valence-electron chi connectivity index (χ0n) is 13.3. The summed E-state index contributed by atoms with van der Waals surface area (Å²) < 4.78 is 7.39. The summed E-state index contributed by atoms with van der Waals surface area (Å²) in [5.41, 5.74) is 1.03. The Morgan fingerprint density at radius 2 is 1.84 bits per heavy atom. The Kier molecular flexibility index (Phi) is 5.74. The van der Waals surface area contributed by atoms with Gasteiger partial charge in [-0.25, -0.2) is 4.98 Å². The molecule has 25 heavy (non-hydrogen) atoms. The first-order valence-electron chi connectivity index (χ1n) is 7.74. The smallest absolute Gasteiger partial charge is 0.310 e. The number of nitrogens with zero attached hydrogens (tertiary/aromatic N) is 2. The second kappa shape index (κ2) is 8.19. The van der Waals surface area contributed by atoms with Gasteiger partial charge in [-0.05, 0) is 23.3 Å². The van der Waals surface area contributed by atoms with Crippen LogP contribution in [0.3, 0.4) is 0 Å². The molecule has 2 atom stereocenters. The van der Waals surface area contributed by atoms with Gasteiger partial charge in [-0.3, -0.25) is 4.79 Å². The third-order valence-corrected chi connectivity index (χ3v) is 4.41. The quantitative estimate of drug-likeness (QED) is 0.459. The van der Waals surface area contributed by atoms with Crippen LogP contribution in [-0.4, -0.2) is 15.5 Å². The van der Waals surface area contributed by atoms with Crippen LogP contribution in [0.15, 0.2) is 73.3 Å². The van der Waals surface area contributed by atoms with E-state index in [0.717, 1.165) is 11.1 Å². The van der Waals surface area contributed by atoms with Crippen molar-refractivity contribution in [1.29, 1.82) is 0 Å². The third-order valence-electron chi connectivity index (χ3n) is 3.71. The lowest BCUT2D eigenvalue weighted by atomic mass is 10.1. The fourth-order valence-corrected chi connectivity index (χ4v) is 2.89. The lowest BCUT2D eigenvalue weighted by Crippen LogP contribution is -2.20. The van der Waals surface area contributed by atoms with Crippen molar-refractivity contribution in [3.05, 3.63) is 89.5 Å². The fraction of sp³-hybridized carbons (Fsp3) is 0.158. The van der Waals surface area contributed by atoms with Crippen molar-refractivity contribution in [1.82, 2.24) is 9.55 Å². The molecule has 0 saturated heterocycles. The number of benzene rings is 2.